The van der Waals surface area contributed by atoms with Crippen LogP contribution in [0.1, 0.15) is 39.0 Å². The third-order valence-corrected chi connectivity index (χ3v) is 4.93. The molecule has 0 aromatic rings. The third kappa shape index (κ3) is 2.51. The first-order chi connectivity index (χ1) is 8.32. The van der Waals surface area contributed by atoms with Crippen molar-refractivity contribution >= 4 is 0 Å². The van der Waals surface area contributed by atoms with Crippen molar-refractivity contribution in [3.05, 3.63) is 0 Å². The number of ether oxygens (including phenoxy) is 1. The van der Waals surface area contributed by atoms with Crippen molar-refractivity contribution in [1.29, 1.82) is 0 Å². The van der Waals surface area contributed by atoms with E-state index >= 15 is 0 Å². The molecule has 2 aliphatic heterocycles. The quantitative estimate of drug-likeness (QED) is 0.809. The minimum Gasteiger partial charge on any atom is -0.372 e. The highest BCUT2D eigenvalue weighted by atomic mass is 16.5. The van der Waals surface area contributed by atoms with Crippen LogP contribution in [0.5, 0.6) is 0 Å². The van der Waals surface area contributed by atoms with Crippen LogP contribution in [-0.2, 0) is 4.74 Å². The number of hydrogen-bond donors (Lipinski definition) is 1. The SMILES string of the molecule is CCN1CCC2(CC1)OCCNC2CC1CC1. The Hall–Kier alpha value is -0.120. The summed E-state index contributed by atoms with van der Waals surface area (Å²) < 4.78 is 6.25. The van der Waals surface area contributed by atoms with Crippen molar-refractivity contribution in [1.82, 2.24) is 10.2 Å². The molecule has 1 aliphatic carbocycles. The smallest absolute Gasteiger partial charge is 0.0859 e. The van der Waals surface area contributed by atoms with E-state index in [4.69, 9.17) is 4.74 Å². The van der Waals surface area contributed by atoms with Gasteiger partial charge in [-0.2, -0.15) is 0 Å². The summed E-state index contributed by atoms with van der Waals surface area (Å²) in [5.74, 6) is 0.996. The summed E-state index contributed by atoms with van der Waals surface area (Å²) in [6.45, 7) is 7.86. The lowest BCUT2D eigenvalue weighted by atomic mass is 9.80. The summed E-state index contributed by atoms with van der Waals surface area (Å²) in [6.07, 6.45) is 6.72. The molecule has 0 radical (unpaired) electrons. The van der Waals surface area contributed by atoms with Crippen LogP contribution in [-0.4, -0.2) is 49.3 Å². The highest BCUT2D eigenvalue weighted by molar-refractivity contribution is 5.01. The summed E-state index contributed by atoms with van der Waals surface area (Å²) in [6, 6.07) is 0.628. The number of likely N-dealkylation sites (tertiary alicyclic amines) is 1. The maximum Gasteiger partial charge on any atom is 0.0859 e. The molecule has 0 aromatic heterocycles. The lowest BCUT2D eigenvalue weighted by Crippen LogP contribution is -2.62. The first kappa shape index (κ1) is 11.9. The van der Waals surface area contributed by atoms with Gasteiger partial charge in [0.2, 0.25) is 0 Å². The summed E-state index contributed by atoms with van der Waals surface area (Å²) in [4.78, 5) is 2.55. The molecule has 1 N–H and O–H groups in total. The third-order valence-electron chi connectivity index (χ3n) is 4.93. The molecule has 1 atom stereocenters. The molecule has 0 bridgehead atoms. The predicted molar refractivity (Wildman–Crippen MR) is 69.2 cm³/mol. The Morgan fingerprint density at radius 3 is 2.71 bits per heavy atom. The number of piperidine rings is 1. The lowest BCUT2D eigenvalue weighted by molar-refractivity contribution is -0.129. The van der Waals surface area contributed by atoms with Gasteiger partial charge in [-0.15, -0.1) is 0 Å². The van der Waals surface area contributed by atoms with E-state index in [9.17, 15) is 0 Å². The van der Waals surface area contributed by atoms with Crippen LogP contribution in [0.2, 0.25) is 0 Å². The number of nitrogens with zero attached hydrogens (tertiary/aromatic N) is 1. The van der Waals surface area contributed by atoms with Crippen molar-refractivity contribution in [3.63, 3.8) is 0 Å². The van der Waals surface area contributed by atoms with Gasteiger partial charge in [-0.25, -0.2) is 0 Å². The topological polar surface area (TPSA) is 24.5 Å². The minimum absolute atomic E-state index is 0.173. The fraction of sp³-hybridized carbons (Fsp3) is 1.00. The molecular weight excluding hydrogens is 212 g/mol. The van der Waals surface area contributed by atoms with Gasteiger partial charge in [0, 0.05) is 25.7 Å². The average Bonchev–Trinajstić information content (AvgIpc) is 3.17. The Bertz CT molecular complexity index is 257. The molecule has 3 heteroatoms. The monoisotopic (exact) mass is 238 g/mol. The molecule has 3 rings (SSSR count). The molecule has 17 heavy (non-hydrogen) atoms. The molecule has 1 spiro atoms. The van der Waals surface area contributed by atoms with Gasteiger partial charge >= 0.3 is 0 Å². The molecular formula is C14H26N2O. The summed E-state index contributed by atoms with van der Waals surface area (Å²) in [5, 5.41) is 3.74. The number of morpholine rings is 1. The Labute approximate surface area is 105 Å². The second-order valence-electron chi connectivity index (χ2n) is 6.03. The molecule has 3 fully saturated rings. The van der Waals surface area contributed by atoms with Gasteiger partial charge in [0.05, 0.1) is 12.2 Å². The highest BCUT2D eigenvalue weighted by Gasteiger charge is 2.45. The van der Waals surface area contributed by atoms with Crippen LogP contribution in [0.15, 0.2) is 0 Å². The minimum atomic E-state index is 0.173. The molecule has 1 saturated carbocycles. The van der Waals surface area contributed by atoms with Crippen molar-refractivity contribution in [2.75, 3.05) is 32.8 Å². The molecule has 98 valence electrons. The van der Waals surface area contributed by atoms with Crippen LogP contribution >= 0.6 is 0 Å². The zero-order chi connectivity index (χ0) is 11.7. The lowest BCUT2D eigenvalue weighted by Gasteiger charge is -2.49. The van der Waals surface area contributed by atoms with E-state index < -0.39 is 0 Å². The van der Waals surface area contributed by atoms with E-state index in [0.717, 1.165) is 19.1 Å². The molecule has 2 saturated heterocycles. The molecule has 0 aromatic carbocycles. The van der Waals surface area contributed by atoms with E-state index in [0.29, 0.717) is 6.04 Å². The van der Waals surface area contributed by atoms with Gasteiger partial charge < -0.3 is 15.0 Å². The van der Waals surface area contributed by atoms with Crippen molar-refractivity contribution in [3.8, 4) is 0 Å². The normalized spacial score (nSPS) is 34.1. The zero-order valence-corrected chi connectivity index (χ0v) is 11.1. The summed E-state index contributed by atoms with van der Waals surface area (Å²) >= 11 is 0. The second kappa shape index (κ2) is 4.87. The van der Waals surface area contributed by atoms with Gasteiger partial charge in [-0.3, -0.25) is 0 Å². The molecule has 3 nitrogen and oxygen atoms in total. The van der Waals surface area contributed by atoms with Crippen LogP contribution in [0.3, 0.4) is 0 Å². The maximum atomic E-state index is 6.25. The predicted octanol–water partition coefficient (Wildman–Crippen LogP) is 1.63. The van der Waals surface area contributed by atoms with E-state index in [1.54, 1.807) is 0 Å². The van der Waals surface area contributed by atoms with Crippen LogP contribution in [0.4, 0.5) is 0 Å². The largest absolute Gasteiger partial charge is 0.372 e. The fourth-order valence-corrected chi connectivity index (χ4v) is 3.50. The molecule has 0 amide bonds. The van der Waals surface area contributed by atoms with Gasteiger partial charge in [0.1, 0.15) is 0 Å². The van der Waals surface area contributed by atoms with Crippen LogP contribution in [0, 0.1) is 5.92 Å². The van der Waals surface area contributed by atoms with E-state index in [1.807, 2.05) is 0 Å². The zero-order valence-electron chi connectivity index (χ0n) is 11.1. The Kier molecular flexibility index (Phi) is 3.42. The first-order valence-electron chi connectivity index (χ1n) is 7.42. The summed E-state index contributed by atoms with van der Waals surface area (Å²) in [5.41, 5.74) is 0.173. The van der Waals surface area contributed by atoms with E-state index in [2.05, 4.69) is 17.1 Å². The van der Waals surface area contributed by atoms with Gasteiger partial charge in [0.25, 0.3) is 0 Å². The Morgan fingerprint density at radius 2 is 2.06 bits per heavy atom. The van der Waals surface area contributed by atoms with Gasteiger partial charge in [-0.1, -0.05) is 19.8 Å². The highest BCUT2D eigenvalue weighted by Crippen LogP contribution is 2.40. The maximum absolute atomic E-state index is 6.25. The number of nitrogens with one attached hydrogen (secondary N) is 1. The molecule has 3 aliphatic rings. The van der Waals surface area contributed by atoms with Crippen LogP contribution < -0.4 is 5.32 Å². The van der Waals surface area contributed by atoms with E-state index in [1.165, 1.54) is 51.7 Å². The standard InChI is InChI=1S/C14H26N2O/c1-2-16-8-5-14(6-9-16)13(11-12-3-4-12)15-7-10-17-14/h12-13,15H,2-11H2,1H3. The van der Waals surface area contributed by atoms with Gasteiger partial charge in [-0.05, 0) is 31.7 Å². The Morgan fingerprint density at radius 1 is 1.29 bits per heavy atom. The van der Waals surface area contributed by atoms with Gasteiger partial charge in [0.15, 0.2) is 0 Å². The first-order valence-corrected chi connectivity index (χ1v) is 7.42. The van der Waals surface area contributed by atoms with Crippen LogP contribution in [0.25, 0.3) is 0 Å². The van der Waals surface area contributed by atoms with Crippen molar-refractivity contribution in [2.24, 2.45) is 5.92 Å². The van der Waals surface area contributed by atoms with Crippen molar-refractivity contribution < 1.29 is 4.74 Å². The van der Waals surface area contributed by atoms with E-state index in [-0.39, 0.29) is 5.60 Å². The number of rotatable bonds is 3. The summed E-state index contributed by atoms with van der Waals surface area (Å²) in [7, 11) is 0. The fourth-order valence-electron chi connectivity index (χ4n) is 3.50. The molecule has 2 heterocycles. The molecule has 1 unspecified atom stereocenters. The second-order valence-corrected chi connectivity index (χ2v) is 6.03. The average molecular weight is 238 g/mol. The number of hydrogen-bond acceptors (Lipinski definition) is 3. The van der Waals surface area contributed by atoms with Crippen molar-refractivity contribution in [2.45, 2.75) is 50.7 Å². The Balaban J connectivity index is 1.64.